The third-order valence-electron chi connectivity index (χ3n) is 0.980. The first-order valence-electron chi connectivity index (χ1n) is 3.61. The van der Waals surface area contributed by atoms with Crippen LogP contribution < -0.4 is 0 Å². The van der Waals surface area contributed by atoms with Crippen molar-refractivity contribution in [1.29, 1.82) is 0 Å². The third-order valence-corrected chi connectivity index (χ3v) is 3.81. The van der Waals surface area contributed by atoms with Gasteiger partial charge in [-0.25, -0.2) is 0 Å². The third kappa shape index (κ3) is 6.14. The van der Waals surface area contributed by atoms with E-state index in [-0.39, 0.29) is 5.97 Å². The summed E-state index contributed by atoms with van der Waals surface area (Å²) in [6.07, 6.45) is 0. The second-order valence-electron chi connectivity index (χ2n) is 3.54. The summed E-state index contributed by atoms with van der Waals surface area (Å²) >= 11 is -1.68. The van der Waals surface area contributed by atoms with Crippen molar-refractivity contribution in [3.63, 3.8) is 0 Å². The normalized spacial score (nSPS) is 11.2. The zero-order chi connectivity index (χ0) is 8.20. The molecule has 2 nitrogen and oxygen atoms in total. The van der Waals surface area contributed by atoms with Gasteiger partial charge in [0.15, 0.2) is 0 Å². The molecule has 0 aromatic carbocycles. The molecule has 0 radical (unpaired) electrons. The van der Waals surface area contributed by atoms with Gasteiger partial charge in [0.25, 0.3) is 0 Å². The number of ether oxygens (including phenoxy) is 1. The Labute approximate surface area is 65.3 Å². The molecule has 3 heteroatoms. The van der Waals surface area contributed by atoms with Gasteiger partial charge >= 0.3 is 64.8 Å². The number of carbonyl (C=O) groups is 1. The van der Waals surface area contributed by atoms with E-state index < -0.39 is 13.3 Å². The van der Waals surface area contributed by atoms with Crippen LogP contribution in [0.3, 0.4) is 0 Å². The average Bonchev–Trinajstić information content (AvgIpc) is 1.59. The van der Waals surface area contributed by atoms with Gasteiger partial charge in [-0.2, -0.15) is 0 Å². The summed E-state index contributed by atoms with van der Waals surface area (Å²) in [6, 6.07) is 0. The molecule has 0 bridgehead atoms. The van der Waals surface area contributed by atoms with Crippen molar-refractivity contribution in [2.75, 3.05) is 6.61 Å². The predicted molar refractivity (Wildman–Crippen MR) is 44.8 cm³/mol. The minimum absolute atomic E-state index is 0.0185. The summed E-state index contributed by atoms with van der Waals surface area (Å²) in [7, 11) is 0. The van der Waals surface area contributed by atoms with Crippen LogP contribution >= 0.6 is 0 Å². The molecule has 0 atom stereocenters. The quantitative estimate of drug-likeness (QED) is 0.519. The molecule has 0 fully saturated rings. The van der Waals surface area contributed by atoms with Crippen molar-refractivity contribution < 1.29 is 9.53 Å². The van der Waals surface area contributed by atoms with Gasteiger partial charge in [0, 0.05) is 0 Å². The predicted octanol–water partition coefficient (Wildman–Crippen LogP) is 1.89. The molecule has 10 heavy (non-hydrogen) atoms. The van der Waals surface area contributed by atoms with Crippen LogP contribution in [0.5, 0.6) is 0 Å². The molecule has 0 amide bonds. The first-order chi connectivity index (χ1) is 4.45. The van der Waals surface area contributed by atoms with Crippen molar-refractivity contribution in [1.82, 2.24) is 0 Å². The van der Waals surface area contributed by atoms with Crippen LogP contribution in [0, 0.1) is 0 Å². The molecule has 0 rings (SSSR count). The first-order valence-corrected chi connectivity index (χ1v) is 11.4. The fraction of sp³-hybridized carbons (Fsp3) is 0.857. The van der Waals surface area contributed by atoms with Crippen molar-refractivity contribution in [2.45, 2.75) is 29.4 Å². The summed E-state index contributed by atoms with van der Waals surface area (Å²) < 4.78 is 4.83. The van der Waals surface area contributed by atoms with Crippen LogP contribution in [0.15, 0.2) is 0 Å². The zero-order valence-electron chi connectivity index (χ0n) is 7.23. The summed E-state index contributed by atoms with van der Waals surface area (Å²) in [4.78, 5) is 10.9. The summed E-state index contributed by atoms with van der Waals surface area (Å²) in [5.74, 6) is 6.60. The van der Waals surface area contributed by atoms with Crippen molar-refractivity contribution in [3.05, 3.63) is 0 Å². The van der Waals surface area contributed by atoms with Gasteiger partial charge in [-0.1, -0.05) is 0 Å². The molecule has 0 N–H and O–H groups in total. The number of rotatable bonds is 3. The summed E-state index contributed by atoms with van der Waals surface area (Å²) in [6.45, 7) is 2.35. The fourth-order valence-corrected chi connectivity index (χ4v) is 2.68. The first kappa shape index (κ1) is 10.0. The Hall–Kier alpha value is 0.0129. The fourth-order valence-electron chi connectivity index (χ4n) is 0.645. The van der Waals surface area contributed by atoms with E-state index in [9.17, 15) is 4.79 Å². The maximum absolute atomic E-state index is 10.9. The Morgan fingerprint density at radius 2 is 1.90 bits per heavy atom. The Kier molecular flexibility index (Phi) is 4.02. The van der Waals surface area contributed by atoms with E-state index in [1.807, 2.05) is 6.92 Å². The van der Waals surface area contributed by atoms with E-state index in [0.29, 0.717) is 11.9 Å². The van der Waals surface area contributed by atoms with E-state index in [1.165, 1.54) is 0 Å². The number of carbonyl (C=O) groups excluding carboxylic acids is 1. The monoisotopic (exact) mass is 206 g/mol. The van der Waals surface area contributed by atoms with Gasteiger partial charge in [-0.15, -0.1) is 0 Å². The molecule has 0 spiro atoms. The van der Waals surface area contributed by atoms with Gasteiger partial charge in [0.1, 0.15) is 0 Å². The molecular formula is C7H16GeO2. The molecule has 0 unspecified atom stereocenters. The average molecular weight is 205 g/mol. The standard InChI is InChI=1S/C7H16GeO2/c1-5-10-7(9)6-8(2,3)4/h5-6H2,1-4H3. The zero-order valence-corrected chi connectivity index (χ0v) is 9.33. The number of hydrogen-bond donors (Lipinski definition) is 0. The second kappa shape index (κ2) is 4.01. The summed E-state index contributed by atoms with van der Waals surface area (Å²) in [5.41, 5.74) is 0. The van der Waals surface area contributed by atoms with Crippen LogP contribution in [-0.4, -0.2) is 25.8 Å². The molecule has 0 aromatic heterocycles. The van der Waals surface area contributed by atoms with E-state index in [0.717, 1.165) is 0 Å². The molecule has 0 aromatic rings. The van der Waals surface area contributed by atoms with Crippen molar-refractivity contribution >= 4 is 19.2 Å². The van der Waals surface area contributed by atoms with E-state index in [2.05, 4.69) is 17.3 Å². The SMILES string of the molecule is CCOC(=O)[CH2][Ge]([CH3])([CH3])[CH3]. The number of esters is 1. The van der Waals surface area contributed by atoms with Crippen LogP contribution in [0.1, 0.15) is 6.92 Å². The Morgan fingerprint density at radius 1 is 1.40 bits per heavy atom. The summed E-state index contributed by atoms with van der Waals surface area (Å²) in [5, 5.41) is 0.688. The Morgan fingerprint density at radius 3 is 2.20 bits per heavy atom. The molecule has 60 valence electrons. The van der Waals surface area contributed by atoms with Gasteiger partial charge in [-0.05, 0) is 0 Å². The maximum atomic E-state index is 10.9. The molecule has 0 heterocycles. The Bertz CT molecular complexity index is 115. The van der Waals surface area contributed by atoms with Crippen LogP contribution in [0.4, 0.5) is 0 Å². The minimum atomic E-state index is -1.68. The molecule has 0 aliphatic carbocycles. The van der Waals surface area contributed by atoms with E-state index in [1.54, 1.807) is 0 Å². The molecule has 0 aliphatic heterocycles. The van der Waals surface area contributed by atoms with E-state index >= 15 is 0 Å². The second-order valence-corrected chi connectivity index (χ2v) is 15.0. The van der Waals surface area contributed by atoms with Gasteiger partial charge in [0.05, 0.1) is 0 Å². The van der Waals surface area contributed by atoms with E-state index in [4.69, 9.17) is 4.74 Å². The Balaban J connectivity index is 3.58. The van der Waals surface area contributed by atoms with Gasteiger partial charge in [0.2, 0.25) is 0 Å². The van der Waals surface area contributed by atoms with Crippen LogP contribution in [0.25, 0.3) is 0 Å². The van der Waals surface area contributed by atoms with Gasteiger partial charge < -0.3 is 0 Å². The molecule has 0 saturated carbocycles. The molecule has 0 aliphatic rings. The topological polar surface area (TPSA) is 26.3 Å². The van der Waals surface area contributed by atoms with Crippen LogP contribution in [0.2, 0.25) is 22.5 Å². The van der Waals surface area contributed by atoms with Crippen molar-refractivity contribution in [3.8, 4) is 0 Å². The number of hydrogen-bond acceptors (Lipinski definition) is 2. The van der Waals surface area contributed by atoms with Crippen molar-refractivity contribution in [2.24, 2.45) is 0 Å². The van der Waals surface area contributed by atoms with Crippen LogP contribution in [-0.2, 0) is 9.53 Å². The van der Waals surface area contributed by atoms with Gasteiger partial charge in [-0.3, -0.25) is 0 Å². The molecular weight excluding hydrogens is 189 g/mol. The molecule has 0 saturated heterocycles.